The third kappa shape index (κ3) is 4.62. The molecular weight excluding hydrogens is 486 g/mol. The maximum absolute atomic E-state index is 12.1. The summed E-state index contributed by atoms with van der Waals surface area (Å²) < 4.78 is 18.5. The number of aryl methyl sites for hydroxylation is 2. The van der Waals surface area contributed by atoms with Gasteiger partial charge in [0.05, 0.1) is 47.3 Å². The van der Waals surface area contributed by atoms with Gasteiger partial charge in [0, 0.05) is 12.1 Å². The fourth-order valence-electron chi connectivity index (χ4n) is 4.99. The molecule has 1 N–H and O–H groups in total. The fraction of sp³-hybridized carbons (Fsp3) is 0.542. The minimum absolute atomic E-state index is 0.0192. The molecular formula is C24H29N5O4S2. The van der Waals surface area contributed by atoms with Crippen LogP contribution in [-0.4, -0.2) is 63.3 Å². The van der Waals surface area contributed by atoms with E-state index in [1.54, 1.807) is 17.5 Å². The number of thioether (sulfide) groups is 1. The number of fused-ring (bicyclic) bond motifs is 2. The van der Waals surface area contributed by atoms with Crippen molar-refractivity contribution in [3.05, 3.63) is 23.7 Å². The lowest BCUT2D eigenvalue weighted by Crippen LogP contribution is -2.35. The summed E-state index contributed by atoms with van der Waals surface area (Å²) in [6, 6.07) is 1.88. The first kappa shape index (κ1) is 24.4. The van der Waals surface area contributed by atoms with E-state index in [2.05, 4.69) is 10.3 Å². The summed E-state index contributed by atoms with van der Waals surface area (Å²) in [6.45, 7) is 7.75. The van der Waals surface area contributed by atoms with E-state index in [1.165, 1.54) is 18.9 Å². The molecule has 2 aliphatic rings. The van der Waals surface area contributed by atoms with Gasteiger partial charge in [-0.2, -0.15) is 0 Å². The molecule has 1 aliphatic heterocycles. The summed E-state index contributed by atoms with van der Waals surface area (Å²) in [5, 5.41) is 5.16. The van der Waals surface area contributed by atoms with Crippen LogP contribution in [0.4, 0.5) is 5.82 Å². The van der Waals surface area contributed by atoms with Gasteiger partial charge >= 0.3 is 5.97 Å². The van der Waals surface area contributed by atoms with E-state index in [9.17, 15) is 4.79 Å². The number of thiazole rings is 1. The molecule has 186 valence electrons. The molecule has 1 saturated carbocycles. The van der Waals surface area contributed by atoms with Crippen molar-refractivity contribution < 1.29 is 19.0 Å². The highest BCUT2D eigenvalue weighted by atomic mass is 32.2. The third-order valence-electron chi connectivity index (χ3n) is 6.52. The quantitative estimate of drug-likeness (QED) is 0.289. The molecule has 35 heavy (non-hydrogen) atoms. The molecule has 0 unspecified atom stereocenters. The number of methoxy groups -OCH3 is 1. The molecule has 0 spiro atoms. The summed E-state index contributed by atoms with van der Waals surface area (Å²) in [4.78, 5) is 30.9. The Labute approximate surface area is 212 Å². The van der Waals surface area contributed by atoms with E-state index in [1.807, 2.05) is 40.0 Å². The number of pyridine rings is 1. The number of rotatable bonds is 6. The molecule has 3 aromatic rings. The second kappa shape index (κ2) is 9.27. The topological polar surface area (TPSA) is 108 Å². The summed E-state index contributed by atoms with van der Waals surface area (Å²) in [5.74, 6) is -0.280. The number of nitrogens with one attached hydrogen (secondary N) is 1. The van der Waals surface area contributed by atoms with Crippen molar-refractivity contribution in [2.24, 2.45) is 5.92 Å². The highest BCUT2D eigenvalue weighted by Crippen LogP contribution is 2.45. The van der Waals surface area contributed by atoms with E-state index in [0.29, 0.717) is 17.4 Å². The highest BCUT2D eigenvalue weighted by molar-refractivity contribution is 7.98. The Bertz CT molecular complexity index is 1280. The SMILES string of the molecule is COC(=O)C[C@H]1C[C@@H](Nc2nc(SC)nc(C)c2-c2nc3c(C)nccc3s2)[C@@H]2OC(C)(C)O[C@H]12. The van der Waals surface area contributed by atoms with Crippen molar-refractivity contribution in [1.29, 1.82) is 0 Å². The molecule has 0 radical (unpaired) electrons. The second-order valence-electron chi connectivity index (χ2n) is 9.37. The molecule has 11 heteroatoms. The minimum Gasteiger partial charge on any atom is -0.469 e. The van der Waals surface area contributed by atoms with Crippen LogP contribution in [-0.2, 0) is 19.0 Å². The van der Waals surface area contributed by atoms with Gasteiger partial charge in [-0.1, -0.05) is 11.8 Å². The largest absolute Gasteiger partial charge is 0.469 e. The van der Waals surface area contributed by atoms with Gasteiger partial charge in [0.1, 0.15) is 22.4 Å². The molecule has 0 aromatic carbocycles. The predicted octanol–water partition coefficient (Wildman–Crippen LogP) is 4.37. The van der Waals surface area contributed by atoms with Crippen molar-refractivity contribution >= 4 is 45.1 Å². The fourth-order valence-corrected chi connectivity index (χ4v) is 6.51. The van der Waals surface area contributed by atoms with E-state index in [-0.39, 0.29) is 36.6 Å². The van der Waals surface area contributed by atoms with Gasteiger partial charge in [0.2, 0.25) is 0 Å². The van der Waals surface area contributed by atoms with Crippen molar-refractivity contribution in [2.75, 3.05) is 18.7 Å². The Balaban J connectivity index is 1.53. The van der Waals surface area contributed by atoms with Crippen LogP contribution >= 0.6 is 23.1 Å². The van der Waals surface area contributed by atoms with Crippen LogP contribution in [0.5, 0.6) is 0 Å². The zero-order valence-corrected chi connectivity index (χ0v) is 22.2. The summed E-state index contributed by atoms with van der Waals surface area (Å²) in [7, 11) is 1.41. The van der Waals surface area contributed by atoms with E-state index >= 15 is 0 Å². The summed E-state index contributed by atoms with van der Waals surface area (Å²) in [6.07, 6.45) is 4.31. The highest BCUT2D eigenvalue weighted by Gasteiger charge is 2.54. The lowest BCUT2D eigenvalue weighted by molar-refractivity contribution is -0.160. The molecule has 1 saturated heterocycles. The Morgan fingerprint density at radius 2 is 2.00 bits per heavy atom. The second-order valence-corrected chi connectivity index (χ2v) is 11.2. The lowest BCUT2D eigenvalue weighted by Gasteiger charge is -2.25. The van der Waals surface area contributed by atoms with Crippen LogP contribution in [0, 0.1) is 19.8 Å². The zero-order valence-electron chi connectivity index (χ0n) is 20.6. The average Bonchev–Trinajstić information content (AvgIpc) is 3.46. The smallest absolute Gasteiger partial charge is 0.305 e. The number of anilines is 1. The van der Waals surface area contributed by atoms with Gasteiger partial charge in [0.25, 0.3) is 0 Å². The molecule has 2 fully saturated rings. The molecule has 4 heterocycles. The van der Waals surface area contributed by atoms with Gasteiger partial charge < -0.3 is 19.5 Å². The number of esters is 1. The predicted molar refractivity (Wildman–Crippen MR) is 136 cm³/mol. The molecule has 0 bridgehead atoms. The Morgan fingerprint density at radius 3 is 2.71 bits per heavy atom. The van der Waals surface area contributed by atoms with Gasteiger partial charge in [-0.3, -0.25) is 9.78 Å². The first-order valence-corrected chi connectivity index (χ1v) is 13.6. The van der Waals surface area contributed by atoms with Gasteiger partial charge in [-0.15, -0.1) is 11.3 Å². The van der Waals surface area contributed by atoms with E-state index in [4.69, 9.17) is 29.2 Å². The molecule has 4 atom stereocenters. The number of carbonyl (C=O) groups is 1. The number of aromatic nitrogens is 4. The number of ether oxygens (including phenoxy) is 3. The van der Waals surface area contributed by atoms with Crippen LogP contribution in [0.25, 0.3) is 20.8 Å². The van der Waals surface area contributed by atoms with Crippen LogP contribution in [0.1, 0.15) is 38.1 Å². The van der Waals surface area contributed by atoms with Crippen molar-refractivity contribution in [2.45, 2.75) is 69.7 Å². The van der Waals surface area contributed by atoms with Gasteiger partial charge in [-0.25, -0.2) is 15.0 Å². The number of carbonyl (C=O) groups excluding carboxylic acids is 1. The first-order chi connectivity index (χ1) is 16.7. The van der Waals surface area contributed by atoms with Crippen molar-refractivity contribution in [1.82, 2.24) is 19.9 Å². The summed E-state index contributed by atoms with van der Waals surface area (Å²) in [5.41, 5.74) is 3.50. The van der Waals surface area contributed by atoms with E-state index in [0.717, 1.165) is 32.2 Å². The molecule has 9 nitrogen and oxygen atoms in total. The maximum Gasteiger partial charge on any atom is 0.305 e. The van der Waals surface area contributed by atoms with Crippen LogP contribution < -0.4 is 5.32 Å². The zero-order chi connectivity index (χ0) is 24.9. The molecule has 1 aliphatic carbocycles. The number of hydrogen-bond donors (Lipinski definition) is 1. The first-order valence-electron chi connectivity index (χ1n) is 11.5. The van der Waals surface area contributed by atoms with Gasteiger partial charge in [-0.05, 0) is 46.4 Å². The normalized spacial score (nSPS) is 25.1. The average molecular weight is 516 g/mol. The monoisotopic (exact) mass is 515 g/mol. The van der Waals surface area contributed by atoms with E-state index < -0.39 is 5.79 Å². The minimum atomic E-state index is -0.726. The number of hydrogen-bond acceptors (Lipinski definition) is 11. The van der Waals surface area contributed by atoms with Crippen LogP contribution in [0.15, 0.2) is 17.4 Å². The molecule has 0 amide bonds. The molecule has 5 rings (SSSR count). The maximum atomic E-state index is 12.1. The molecule has 3 aromatic heterocycles. The Hall–Kier alpha value is -2.34. The van der Waals surface area contributed by atoms with Crippen LogP contribution in [0.3, 0.4) is 0 Å². The lowest BCUT2D eigenvalue weighted by atomic mass is 10.0. The van der Waals surface area contributed by atoms with Crippen molar-refractivity contribution in [3.63, 3.8) is 0 Å². The Kier molecular flexibility index (Phi) is 6.45. The third-order valence-corrected chi connectivity index (χ3v) is 8.10. The number of nitrogens with zero attached hydrogens (tertiary/aromatic N) is 4. The summed E-state index contributed by atoms with van der Waals surface area (Å²) >= 11 is 3.09. The van der Waals surface area contributed by atoms with Crippen molar-refractivity contribution in [3.8, 4) is 10.6 Å². The van der Waals surface area contributed by atoms with Gasteiger partial charge in [0.15, 0.2) is 10.9 Å². The Morgan fingerprint density at radius 1 is 1.23 bits per heavy atom. The van der Waals surface area contributed by atoms with Crippen LogP contribution in [0.2, 0.25) is 0 Å². The standard InChI is InChI=1S/C24H29N5O4S2/c1-11-17(22-28-18-12(2)25-8-7-15(18)35-22)21(29-23(26-11)34-6)27-14-9-13(10-16(30)31-5)19-20(14)33-24(3,4)32-19/h7-8,13-14,19-20H,9-10H2,1-6H3,(H,26,27,29)/t13-,14-,19-,20+/m1/s1.